The van der Waals surface area contributed by atoms with E-state index in [0.29, 0.717) is 0 Å². The van der Waals surface area contributed by atoms with Crippen LogP contribution in [0.1, 0.15) is 59.5 Å². The first-order valence-electron chi connectivity index (χ1n) is 8.34. The van der Waals surface area contributed by atoms with Crippen LogP contribution in [0.5, 0.6) is 0 Å². The molecule has 26 heavy (non-hydrogen) atoms. The second-order valence-electron chi connectivity index (χ2n) is 6.39. The largest absolute Gasteiger partial charge is 0.452 e. The minimum absolute atomic E-state index is 0.253. The lowest BCUT2D eigenvalue weighted by atomic mass is 10.1. The SMILES string of the molecule is Cc1nc(-c2ccc(F)cc2)sc1C(C)OC(=O)c1cc(C(C)C)[nH]n1. The highest BCUT2D eigenvalue weighted by molar-refractivity contribution is 7.15. The summed E-state index contributed by atoms with van der Waals surface area (Å²) in [7, 11) is 0. The van der Waals surface area contributed by atoms with Gasteiger partial charge in [0, 0.05) is 11.3 Å². The van der Waals surface area contributed by atoms with Crippen LogP contribution in [0.3, 0.4) is 0 Å². The summed E-state index contributed by atoms with van der Waals surface area (Å²) in [5.74, 6) is -0.510. The molecule has 0 saturated carbocycles. The van der Waals surface area contributed by atoms with E-state index in [1.807, 2.05) is 27.7 Å². The standard InChI is InChI=1S/C19H20FN3O2S/c1-10(2)15-9-16(23-22-15)19(24)25-12(4)17-11(3)21-18(26-17)13-5-7-14(20)8-6-13/h5-10,12H,1-4H3,(H,22,23). The van der Waals surface area contributed by atoms with E-state index in [0.717, 1.165) is 26.8 Å². The number of nitrogens with zero attached hydrogens (tertiary/aromatic N) is 2. The van der Waals surface area contributed by atoms with Gasteiger partial charge in [0.15, 0.2) is 5.69 Å². The number of carbonyl (C=O) groups excluding carboxylic acids is 1. The summed E-state index contributed by atoms with van der Waals surface area (Å²) in [6, 6.07) is 7.89. The third-order valence-electron chi connectivity index (χ3n) is 4.01. The van der Waals surface area contributed by atoms with Gasteiger partial charge >= 0.3 is 5.97 Å². The predicted octanol–water partition coefficient (Wildman–Crippen LogP) is 5.02. The molecule has 1 aromatic carbocycles. The summed E-state index contributed by atoms with van der Waals surface area (Å²) in [5.41, 5.74) is 2.77. The molecule has 7 heteroatoms. The molecule has 3 aromatic rings. The van der Waals surface area contributed by atoms with Crippen molar-refractivity contribution in [3.8, 4) is 10.6 Å². The van der Waals surface area contributed by atoms with Crippen LogP contribution >= 0.6 is 11.3 Å². The van der Waals surface area contributed by atoms with Gasteiger partial charge < -0.3 is 4.74 Å². The number of H-pyrrole nitrogens is 1. The number of hydrogen-bond donors (Lipinski definition) is 1. The Balaban J connectivity index is 1.76. The molecule has 0 radical (unpaired) electrons. The Hall–Kier alpha value is -2.54. The van der Waals surface area contributed by atoms with Crippen molar-refractivity contribution in [2.24, 2.45) is 0 Å². The third-order valence-corrected chi connectivity index (χ3v) is 5.37. The van der Waals surface area contributed by atoms with Crippen LogP contribution in [-0.4, -0.2) is 21.2 Å². The summed E-state index contributed by atoms with van der Waals surface area (Å²) in [4.78, 5) is 17.7. The number of nitrogens with one attached hydrogen (secondary N) is 1. The molecule has 0 bridgehead atoms. The molecule has 1 unspecified atom stereocenters. The minimum Gasteiger partial charge on any atom is -0.452 e. The van der Waals surface area contributed by atoms with E-state index in [4.69, 9.17) is 4.74 Å². The molecule has 0 fully saturated rings. The lowest BCUT2D eigenvalue weighted by Gasteiger charge is -2.10. The number of thiazole rings is 1. The number of aryl methyl sites for hydroxylation is 1. The molecule has 136 valence electrons. The maximum Gasteiger partial charge on any atom is 0.359 e. The molecule has 0 aliphatic carbocycles. The summed E-state index contributed by atoms with van der Waals surface area (Å²) in [6.45, 7) is 7.71. The van der Waals surface area contributed by atoms with Gasteiger partial charge in [-0.15, -0.1) is 11.3 Å². The highest BCUT2D eigenvalue weighted by Gasteiger charge is 2.21. The van der Waals surface area contributed by atoms with Gasteiger partial charge in [0.25, 0.3) is 0 Å². The van der Waals surface area contributed by atoms with Gasteiger partial charge in [-0.1, -0.05) is 13.8 Å². The van der Waals surface area contributed by atoms with Crippen molar-refractivity contribution in [3.05, 3.63) is 58.1 Å². The monoisotopic (exact) mass is 373 g/mol. The van der Waals surface area contributed by atoms with E-state index in [9.17, 15) is 9.18 Å². The Morgan fingerprint density at radius 1 is 1.23 bits per heavy atom. The number of ether oxygens (including phenoxy) is 1. The van der Waals surface area contributed by atoms with Crippen molar-refractivity contribution in [2.75, 3.05) is 0 Å². The first kappa shape index (κ1) is 18.3. The summed E-state index contributed by atoms with van der Waals surface area (Å²) in [5, 5.41) is 7.64. The van der Waals surface area contributed by atoms with Crippen molar-refractivity contribution in [3.63, 3.8) is 0 Å². The Morgan fingerprint density at radius 3 is 2.54 bits per heavy atom. The lowest BCUT2D eigenvalue weighted by molar-refractivity contribution is 0.0336. The molecule has 1 atom stereocenters. The molecule has 2 aromatic heterocycles. The number of rotatable bonds is 5. The van der Waals surface area contributed by atoms with Gasteiger partial charge in [0.1, 0.15) is 16.9 Å². The Kier molecular flexibility index (Phi) is 5.18. The molecule has 1 N–H and O–H groups in total. The zero-order chi connectivity index (χ0) is 18.8. The fourth-order valence-electron chi connectivity index (χ4n) is 2.51. The van der Waals surface area contributed by atoms with E-state index in [1.54, 1.807) is 18.2 Å². The Bertz CT molecular complexity index is 915. The number of esters is 1. The number of carbonyl (C=O) groups is 1. The zero-order valence-corrected chi connectivity index (χ0v) is 15.9. The highest BCUT2D eigenvalue weighted by atomic mass is 32.1. The maximum absolute atomic E-state index is 13.1. The summed E-state index contributed by atoms with van der Waals surface area (Å²) in [6.07, 6.45) is -0.451. The first-order chi connectivity index (χ1) is 12.3. The fraction of sp³-hybridized carbons (Fsp3) is 0.316. The Labute approximate surface area is 155 Å². The molecule has 3 rings (SSSR count). The Morgan fingerprint density at radius 2 is 1.92 bits per heavy atom. The molecule has 0 aliphatic rings. The second-order valence-corrected chi connectivity index (χ2v) is 7.42. The van der Waals surface area contributed by atoms with Gasteiger partial charge in [-0.2, -0.15) is 5.10 Å². The highest BCUT2D eigenvalue weighted by Crippen LogP contribution is 2.33. The quantitative estimate of drug-likeness (QED) is 0.638. The maximum atomic E-state index is 13.1. The third kappa shape index (κ3) is 3.83. The average molecular weight is 373 g/mol. The smallest absolute Gasteiger partial charge is 0.359 e. The number of aromatic amines is 1. The first-order valence-corrected chi connectivity index (χ1v) is 9.16. The second kappa shape index (κ2) is 7.37. The zero-order valence-electron chi connectivity index (χ0n) is 15.0. The molecular formula is C19H20FN3O2S. The average Bonchev–Trinajstić information content (AvgIpc) is 3.22. The molecule has 0 spiro atoms. The van der Waals surface area contributed by atoms with Crippen molar-refractivity contribution in [2.45, 2.75) is 39.7 Å². The van der Waals surface area contributed by atoms with Gasteiger partial charge in [0.05, 0.1) is 10.6 Å². The van der Waals surface area contributed by atoms with Crippen LogP contribution in [-0.2, 0) is 4.74 Å². The molecular weight excluding hydrogens is 353 g/mol. The topological polar surface area (TPSA) is 67.9 Å². The van der Waals surface area contributed by atoms with Crippen LogP contribution < -0.4 is 0 Å². The van der Waals surface area contributed by atoms with Gasteiger partial charge in [0.2, 0.25) is 0 Å². The molecule has 0 amide bonds. The number of halogens is 1. The van der Waals surface area contributed by atoms with Crippen LogP contribution in [0.25, 0.3) is 10.6 Å². The molecule has 5 nitrogen and oxygen atoms in total. The van der Waals surface area contributed by atoms with E-state index in [2.05, 4.69) is 15.2 Å². The van der Waals surface area contributed by atoms with Crippen LogP contribution in [0.2, 0.25) is 0 Å². The van der Waals surface area contributed by atoms with E-state index in [-0.39, 0.29) is 17.4 Å². The van der Waals surface area contributed by atoms with Crippen molar-refractivity contribution in [1.29, 1.82) is 0 Å². The van der Waals surface area contributed by atoms with E-state index >= 15 is 0 Å². The fourth-order valence-corrected chi connectivity index (χ4v) is 3.56. The number of hydrogen-bond acceptors (Lipinski definition) is 5. The predicted molar refractivity (Wildman–Crippen MR) is 98.8 cm³/mol. The van der Waals surface area contributed by atoms with Crippen LogP contribution in [0, 0.1) is 12.7 Å². The van der Waals surface area contributed by atoms with E-state index in [1.165, 1.54) is 23.5 Å². The van der Waals surface area contributed by atoms with Crippen LogP contribution in [0.15, 0.2) is 30.3 Å². The van der Waals surface area contributed by atoms with Gasteiger partial charge in [-0.3, -0.25) is 5.10 Å². The lowest BCUT2D eigenvalue weighted by Crippen LogP contribution is -2.09. The molecule has 2 heterocycles. The summed E-state index contributed by atoms with van der Waals surface area (Å²) >= 11 is 1.43. The number of benzene rings is 1. The normalized spacial score (nSPS) is 12.4. The van der Waals surface area contributed by atoms with Crippen molar-refractivity contribution in [1.82, 2.24) is 15.2 Å². The van der Waals surface area contributed by atoms with E-state index < -0.39 is 12.1 Å². The number of aromatic nitrogens is 3. The van der Waals surface area contributed by atoms with Gasteiger partial charge in [-0.25, -0.2) is 14.2 Å². The van der Waals surface area contributed by atoms with Crippen LogP contribution in [0.4, 0.5) is 4.39 Å². The van der Waals surface area contributed by atoms with Gasteiger partial charge in [-0.05, 0) is 50.1 Å². The molecule has 0 aliphatic heterocycles. The molecule has 0 saturated heterocycles. The van der Waals surface area contributed by atoms with Crippen molar-refractivity contribution >= 4 is 17.3 Å². The van der Waals surface area contributed by atoms with Crippen molar-refractivity contribution < 1.29 is 13.9 Å². The minimum atomic E-state index is -0.475. The summed E-state index contributed by atoms with van der Waals surface area (Å²) < 4.78 is 18.6.